The summed E-state index contributed by atoms with van der Waals surface area (Å²) in [6.07, 6.45) is 10.7. The van der Waals surface area contributed by atoms with Gasteiger partial charge in [0.1, 0.15) is 12.3 Å². The van der Waals surface area contributed by atoms with E-state index < -0.39 is 0 Å². The van der Waals surface area contributed by atoms with Crippen molar-refractivity contribution in [2.45, 2.75) is 63.2 Å². The third-order valence-corrected chi connectivity index (χ3v) is 9.76. The van der Waals surface area contributed by atoms with Crippen molar-refractivity contribution in [3.05, 3.63) is 108 Å². The van der Waals surface area contributed by atoms with Crippen molar-refractivity contribution in [3.8, 4) is 0 Å². The molecular weight excluding hydrogens is 403 g/mol. The summed E-state index contributed by atoms with van der Waals surface area (Å²) in [7, 11) is 0.0730. The molecule has 0 aliphatic carbocycles. The van der Waals surface area contributed by atoms with Crippen molar-refractivity contribution >= 4 is 13.3 Å². The van der Waals surface area contributed by atoms with Gasteiger partial charge in [0.15, 0.2) is 0 Å². The predicted octanol–water partition coefficient (Wildman–Crippen LogP) is 9.00. The fourth-order valence-corrected chi connectivity index (χ4v) is 7.98. The molecule has 4 atom stereocenters. The van der Waals surface area contributed by atoms with Crippen molar-refractivity contribution < 1.29 is 0 Å². The molecule has 1 heterocycles. The predicted molar refractivity (Wildman–Crippen MR) is 144 cm³/mol. The summed E-state index contributed by atoms with van der Waals surface area (Å²) in [4.78, 5) is 0. The van der Waals surface area contributed by atoms with Gasteiger partial charge in [-0.1, -0.05) is 97.9 Å². The molecule has 32 heavy (non-hydrogen) atoms. The Labute approximate surface area is 196 Å². The van der Waals surface area contributed by atoms with Crippen molar-refractivity contribution in [2.75, 3.05) is 12.3 Å². The summed E-state index contributed by atoms with van der Waals surface area (Å²) in [5.74, 6) is 4.54. The first-order chi connectivity index (χ1) is 15.8. The molecule has 0 radical (unpaired) electrons. The number of hydrogen-bond acceptors (Lipinski definition) is 0. The van der Waals surface area contributed by atoms with E-state index in [2.05, 4.69) is 104 Å². The van der Waals surface area contributed by atoms with E-state index in [1.54, 1.807) is 5.56 Å². The van der Waals surface area contributed by atoms with Gasteiger partial charge in [-0.2, -0.15) is 0 Å². The minimum absolute atomic E-state index is 0.0730. The van der Waals surface area contributed by atoms with E-state index in [1.807, 2.05) is 0 Å². The molecule has 0 bridgehead atoms. The highest BCUT2D eigenvalue weighted by Crippen LogP contribution is 2.42. The van der Waals surface area contributed by atoms with Crippen LogP contribution in [0.5, 0.6) is 0 Å². The van der Waals surface area contributed by atoms with Crippen LogP contribution in [-0.2, 0) is 0 Å². The highest BCUT2D eigenvalue weighted by Gasteiger charge is 2.27. The van der Waals surface area contributed by atoms with E-state index in [1.165, 1.54) is 62.0 Å². The van der Waals surface area contributed by atoms with Crippen molar-refractivity contribution in [3.63, 3.8) is 0 Å². The van der Waals surface area contributed by atoms with Crippen LogP contribution in [0.3, 0.4) is 0 Å². The third kappa shape index (κ3) is 6.43. The fraction of sp³-hybridized carbons (Fsp3) is 0.387. The molecule has 0 aromatic heterocycles. The average molecular weight is 442 g/mol. The van der Waals surface area contributed by atoms with Crippen LogP contribution in [0, 0.1) is 0 Å². The van der Waals surface area contributed by atoms with E-state index in [0.717, 1.165) is 0 Å². The molecular formula is C31H38P+. The molecule has 0 spiro atoms. The Bertz CT molecular complexity index is 946. The standard InChI is InChI=1S/C31H38P/c1-2-26(27-15-7-3-8-16-27)23-30(28-17-9-4-10-18-28)24-31(29-19-11-5-12-20-29)25-32-21-13-6-14-22-32/h3-5,7-12,15-21,26,30-31H,2,6,13-14,22-25H2,1H3/q+1. The second-order valence-electron chi connectivity index (χ2n) is 9.38. The van der Waals surface area contributed by atoms with Gasteiger partial charge < -0.3 is 0 Å². The highest BCUT2D eigenvalue weighted by molar-refractivity contribution is 7.57. The van der Waals surface area contributed by atoms with Gasteiger partial charge in [0.2, 0.25) is 0 Å². The Morgan fingerprint density at radius 3 is 1.62 bits per heavy atom. The lowest BCUT2D eigenvalue weighted by Gasteiger charge is -2.27. The molecule has 1 heteroatoms. The van der Waals surface area contributed by atoms with Crippen LogP contribution >= 0.6 is 7.55 Å². The maximum Gasteiger partial charge on any atom is 0.113 e. The number of rotatable bonds is 10. The quantitative estimate of drug-likeness (QED) is 0.275. The molecule has 0 fully saturated rings. The lowest BCUT2D eigenvalue weighted by molar-refractivity contribution is 0.469. The van der Waals surface area contributed by atoms with E-state index in [9.17, 15) is 0 Å². The van der Waals surface area contributed by atoms with Crippen molar-refractivity contribution in [1.29, 1.82) is 0 Å². The van der Waals surface area contributed by atoms with Crippen LogP contribution in [0.2, 0.25) is 0 Å². The maximum absolute atomic E-state index is 2.69. The normalized spacial score (nSPS) is 17.8. The average Bonchev–Trinajstić information content (AvgIpc) is 2.88. The molecule has 0 saturated carbocycles. The topological polar surface area (TPSA) is 0 Å². The first-order valence-corrected chi connectivity index (χ1v) is 14.3. The summed E-state index contributed by atoms with van der Waals surface area (Å²) in [5.41, 5.74) is 4.56. The highest BCUT2D eigenvalue weighted by atomic mass is 31.1. The van der Waals surface area contributed by atoms with Gasteiger partial charge in [-0.3, -0.25) is 0 Å². The van der Waals surface area contributed by atoms with Crippen molar-refractivity contribution in [2.24, 2.45) is 0 Å². The van der Waals surface area contributed by atoms with Crippen LogP contribution in [0.4, 0.5) is 0 Å². The van der Waals surface area contributed by atoms with E-state index >= 15 is 0 Å². The second-order valence-corrected chi connectivity index (χ2v) is 11.7. The molecule has 4 unspecified atom stereocenters. The van der Waals surface area contributed by atoms with Gasteiger partial charge in [-0.05, 0) is 60.6 Å². The second kappa shape index (κ2) is 12.2. The lowest BCUT2D eigenvalue weighted by atomic mass is 9.78. The third-order valence-electron chi connectivity index (χ3n) is 7.19. The van der Waals surface area contributed by atoms with Gasteiger partial charge in [0.25, 0.3) is 0 Å². The zero-order valence-corrected chi connectivity index (χ0v) is 20.5. The molecule has 0 saturated heterocycles. The van der Waals surface area contributed by atoms with Gasteiger partial charge in [0.05, 0.1) is 13.3 Å². The van der Waals surface area contributed by atoms with E-state index in [4.69, 9.17) is 0 Å². The Balaban J connectivity index is 1.61. The minimum Gasteiger partial charge on any atom is -0.0648 e. The molecule has 0 N–H and O–H groups in total. The zero-order valence-electron chi connectivity index (χ0n) is 19.6. The van der Waals surface area contributed by atoms with E-state index in [0.29, 0.717) is 17.8 Å². The summed E-state index contributed by atoms with van der Waals surface area (Å²) in [6, 6.07) is 33.9. The number of hydrogen-bond donors (Lipinski definition) is 0. The summed E-state index contributed by atoms with van der Waals surface area (Å²) >= 11 is 0. The maximum atomic E-state index is 2.69. The molecule has 1 aliphatic heterocycles. The van der Waals surface area contributed by atoms with Gasteiger partial charge >= 0.3 is 0 Å². The Hall–Kier alpha value is -2.17. The first kappa shape index (κ1) is 23.0. The van der Waals surface area contributed by atoms with Gasteiger partial charge in [0, 0.05) is 12.3 Å². The lowest BCUT2D eigenvalue weighted by Crippen LogP contribution is -2.13. The molecule has 4 rings (SSSR count). The molecule has 0 nitrogen and oxygen atoms in total. The first-order valence-electron chi connectivity index (χ1n) is 12.6. The fourth-order valence-electron chi connectivity index (χ4n) is 5.36. The van der Waals surface area contributed by atoms with Crippen LogP contribution in [0.15, 0.2) is 91.0 Å². The Morgan fingerprint density at radius 2 is 1.12 bits per heavy atom. The van der Waals surface area contributed by atoms with Crippen LogP contribution in [0.1, 0.15) is 79.9 Å². The summed E-state index contributed by atoms with van der Waals surface area (Å²) in [6.45, 7) is 2.36. The van der Waals surface area contributed by atoms with Crippen LogP contribution in [0.25, 0.3) is 0 Å². The molecule has 3 aromatic rings. The number of benzene rings is 3. The largest absolute Gasteiger partial charge is 0.113 e. The summed E-state index contributed by atoms with van der Waals surface area (Å²) in [5, 5.41) is 0. The van der Waals surface area contributed by atoms with Gasteiger partial charge in [-0.25, -0.2) is 0 Å². The molecule has 1 aliphatic rings. The van der Waals surface area contributed by atoms with E-state index in [-0.39, 0.29) is 7.55 Å². The van der Waals surface area contributed by atoms with Gasteiger partial charge in [-0.15, -0.1) is 0 Å². The summed E-state index contributed by atoms with van der Waals surface area (Å²) < 4.78 is 0. The monoisotopic (exact) mass is 441 g/mol. The molecule has 166 valence electrons. The molecule has 3 aromatic carbocycles. The van der Waals surface area contributed by atoms with Crippen LogP contribution in [-0.4, -0.2) is 18.1 Å². The van der Waals surface area contributed by atoms with Crippen molar-refractivity contribution in [1.82, 2.24) is 0 Å². The zero-order chi connectivity index (χ0) is 22.0. The Morgan fingerprint density at radius 1 is 0.625 bits per heavy atom. The Kier molecular flexibility index (Phi) is 8.75. The smallest absolute Gasteiger partial charge is 0.0648 e. The molecule has 0 amide bonds. The SMILES string of the molecule is CCC(CC(CC(C[P+]1=CCCCC1)c1ccccc1)c1ccccc1)c1ccccc1. The van der Waals surface area contributed by atoms with Crippen LogP contribution < -0.4 is 0 Å². The minimum atomic E-state index is 0.0730.